The van der Waals surface area contributed by atoms with Crippen LogP contribution in [0.15, 0.2) is 29.8 Å². The van der Waals surface area contributed by atoms with E-state index < -0.39 is 21.2 Å². The number of carbonyl (C=O) groups excluding carboxylic acids is 2. The van der Waals surface area contributed by atoms with Crippen LogP contribution in [0.3, 0.4) is 0 Å². The maximum atomic E-state index is 12.2. The molecule has 2 rings (SSSR count). The quantitative estimate of drug-likeness (QED) is 0.313. The zero-order valence-corrected chi connectivity index (χ0v) is 18.3. The normalized spacial score (nSPS) is 16.5. The zero-order chi connectivity index (χ0) is 22.4. The highest BCUT2D eigenvalue weighted by atomic mass is 32.2. The maximum absolute atomic E-state index is 12.2. The number of anilines is 1. The number of ether oxygens (including phenoxy) is 1. The molecule has 1 aromatic rings. The van der Waals surface area contributed by atoms with E-state index in [0.717, 1.165) is 5.69 Å². The van der Waals surface area contributed by atoms with E-state index >= 15 is 0 Å². The average Bonchev–Trinajstić information content (AvgIpc) is 2.69. The van der Waals surface area contributed by atoms with Crippen LogP contribution in [0, 0.1) is 16.7 Å². The van der Waals surface area contributed by atoms with Gasteiger partial charge in [-0.05, 0) is 44.5 Å². The second-order valence-electron chi connectivity index (χ2n) is 8.04. The average molecular weight is 434 g/mol. The Kier molecular flexibility index (Phi) is 7.62. The van der Waals surface area contributed by atoms with Crippen LogP contribution in [0.1, 0.15) is 26.3 Å². The predicted octanol–water partition coefficient (Wildman–Crippen LogP) is 1.53. The van der Waals surface area contributed by atoms with E-state index in [4.69, 9.17) is 4.74 Å². The monoisotopic (exact) mass is 433 g/mol. The number of nitrogens with one attached hydrogen (secondary N) is 1. The van der Waals surface area contributed by atoms with Crippen molar-refractivity contribution in [1.82, 2.24) is 5.32 Å². The van der Waals surface area contributed by atoms with E-state index in [1.807, 2.05) is 23.1 Å². The molecule has 0 spiro atoms. The molecule has 1 aliphatic rings. The number of nitrogens with zero attached hydrogens (tertiary/aromatic N) is 2. The number of hydrogen-bond donors (Lipinski definition) is 1. The molecule has 0 aromatic heterocycles. The van der Waals surface area contributed by atoms with Gasteiger partial charge in [-0.1, -0.05) is 12.1 Å². The molecule has 1 N–H and O–H groups in total. The summed E-state index contributed by atoms with van der Waals surface area (Å²) in [6, 6.07) is 9.09. The number of sulfone groups is 1. The van der Waals surface area contributed by atoms with E-state index in [9.17, 15) is 23.3 Å². The number of hydrogen-bond acceptors (Lipinski definition) is 7. The predicted molar refractivity (Wildman–Crippen MR) is 114 cm³/mol. The Balaban J connectivity index is 1.91. The van der Waals surface area contributed by atoms with E-state index in [0.29, 0.717) is 18.7 Å². The van der Waals surface area contributed by atoms with Crippen molar-refractivity contribution in [1.29, 1.82) is 5.26 Å². The van der Waals surface area contributed by atoms with Crippen molar-refractivity contribution in [2.24, 2.45) is 5.41 Å². The topological polar surface area (TPSA) is 117 Å². The molecule has 0 aliphatic carbocycles. The van der Waals surface area contributed by atoms with Gasteiger partial charge in [0.05, 0.1) is 23.5 Å². The van der Waals surface area contributed by atoms with Gasteiger partial charge in [-0.3, -0.25) is 9.59 Å². The van der Waals surface area contributed by atoms with Gasteiger partial charge in [0.25, 0.3) is 5.91 Å². The van der Waals surface area contributed by atoms with Crippen LogP contribution in [0.2, 0.25) is 0 Å². The Morgan fingerprint density at radius 3 is 2.33 bits per heavy atom. The van der Waals surface area contributed by atoms with Gasteiger partial charge in [0.1, 0.15) is 18.2 Å². The molecule has 8 nitrogen and oxygen atoms in total. The van der Waals surface area contributed by atoms with E-state index in [1.165, 1.54) is 6.08 Å². The molecular formula is C21H27N3O5S. The minimum absolute atomic E-state index is 0.0286. The molecule has 30 heavy (non-hydrogen) atoms. The van der Waals surface area contributed by atoms with Crippen molar-refractivity contribution >= 4 is 33.5 Å². The number of nitriles is 1. The van der Waals surface area contributed by atoms with Crippen LogP contribution >= 0.6 is 0 Å². The van der Waals surface area contributed by atoms with Crippen LogP contribution in [0.5, 0.6) is 0 Å². The highest BCUT2D eigenvalue weighted by Gasteiger charge is 2.23. The summed E-state index contributed by atoms with van der Waals surface area (Å²) in [5.74, 6) is -0.634. The second-order valence-corrected chi connectivity index (χ2v) is 10.3. The van der Waals surface area contributed by atoms with Crippen molar-refractivity contribution in [2.75, 3.05) is 42.6 Å². The molecule has 9 heteroatoms. The smallest absolute Gasteiger partial charge is 0.311 e. The van der Waals surface area contributed by atoms with Crippen LogP contribution in [-0.4, -0.2) is 58.0 Å². The Bertz CT molecular complexity index is 940. The molecule has 0 bridgehead atoms. The molecule has 0 saturated carbocycles. The number of carbonyl (C=O) groups is 2. The molecule has 0 atom stereocenters. The van der Waals surface area contributed by atoms with Crippen LogP contribution in [0.4, 0.5) is 5.69 Å². The lowest BCUT2D eigenvalue weighted by Crippen LogP contribution is -2.40. The summed E-state index contributed by atoms with van der Waals surface area (Å²) in [4.78, 5) is 25.9. The molecule has 1 amide bonds. The van der Waals surface area contributed by atoms with Gasteiger partial charge >= 0.3 is 5.97 Å². The number of amides is 1. The van der Waals surface area contributed by atoms with Gasteiger partial charge in [-0.25, -0.2) is 8.42 Å². The van der Waals surface area contributed by atoms with Gasteiger partial charge < -0.3 is 15.0 Å². The molecule has 1 aliphatic heterocycles. The van der Waals surface area contributed by atoms with Crippen molar-refractivity contribution in [3.05, 3.63) is 35.4 Å². The Morgan fingerprint density at radius 2 is 1.80 bits per heavy atom. The van der Waals surface area contributed by atoms with Crippen molar-refractivity contribution in [2.45, 2.75) is 20.8 Å². The molecule has 1 heterocycles. The summed E-state index contributed by atoms with van der Waals surface area (Å²) in [5.41, 5.74) is 0.893. The molecule has 1 fully saturated rings. The first kappa shape index (κ1) is 23.4. The Hall–Kier alpha value is -2.86. The van der Waals surface area contributed by atoms with Crippen molar-refractivity contribution in [3.8, 4) is 6.07 Å². The number of rotatable bonds is 6. The standard InChI is InChI=1S/C21H27N3O5S/c1-21(2,3)20(26)29-11-8-23-19(25)17(15-22)14-16-4-6-18(7-5-16)24-9-12-30(27,28)13-10-24/h4-7,14H,8-13H2,1-3H3,(H,23,25)/b17-14+. The molecule has 162 valence electrons. The minimum atomic E-state index is -2.94. The van der Waals surface area contributed by atoms with Gasteiger partial charge in [0, 0.05) is 18.8 Å². The first-order valence-electron chi connectivity index (χ1n) is 9.64. The fraction of sp³-hybridized carbons (Fsp3) is 0.476. The van der Waals surface area contributed by atoms with Crippen LogP contribution < -0.4 is 10.2 Å². The number of benzene rings is 1. The maximum Gasteiger partial charge on any atom is 0.311 e. The van der Waals surface area contributed by atoms with Gasteiger partial charge in [0.2, 0.25) is 0 Å². The molecule has 0 radical (unpaired) electrons. The highest BCUT2D eigenvalue weighted by molar-refractivity contribution is 7.91. The first-order chi connectivity index (χ1) is 14.0. The Morgan fingerprint density at radius 1 is 1.20 bits per heavy atom. The second kappa shape index (κ2) is 9.76. The lowest BCUT2D eigenvalue weighted by molar-refractivity contribution is -0.152. The minimum Gasteiger partial charge on any atom is -0.463 e. The van der Waals surface area contributed by atoms with Gasteiger partial charge in [-0.15, -0.1) is 0 Å². The number of esters is 1. The largest absolute Gasteiger partial charge is 0.463 e. The fourth-order valence-electron chi connectivity index (χ4n) is 2.69. The lowest BCUT2D eigenvalue weighted by atomic mass is 9.97. The van der Waals surface area contributed by atoms with Gasteiger partial charge in [0.15, 0.2) is 9.84 Å². The summed E-state index contributed by atoms with van der Waals surface area (Å²) >= 11 is 0. The molecular weight excluding hydrogens is 406 g/mol. The zero-order valence-electron chi connectivity index (χ0n) is 17.5. The third kappa shape index (κ3) is 6.88. The third-order valence-corrected chi connectivity index (χ3v) is 6.12. The molecule has 1 aromatic carbocycles. The fourth-order valence-corrected chi connectivity index (χ4v) is 3.89. The highest BCUT2D eigenvalue weighted by Crippen LogP contribution is 2.19. The summed E-state index contributed by atoms with van der Waals surface area (Å²) in [6.45, 7) is 6.25. The summed E-state index contributed by atoms with van der Waals surface area (Å²) < 4.78 is 28.2. The lowest BCUT2D eigenvalue weighted by Gasteiger charge is -2.28. The van der Waals surface area contributed by atoms with E-state index in [1.54, 1.807) is 32.9 Å². The van der Waals surface area contributed by atoms with E-state index in [2.05, 4.69) is 5.32 Å². The summed E-state index contributed by atoms with van der Waals surface area (Å²) in [5, 5.41) is 11.8. The Labute approximate surface area is 177 Å². The van der Waals surface area contributed by atoms with Crippen molar-refractivity contribution < 1.29 is 22.7 Å². The SMILES string of the molecule is CC(C)(C)C(=O)OCCNC(=O)/C(C#N)=C/c1ccc(N2CCS(=O)(=O)CC2)cc1. The summed E-state index contributed by atoms with van der Waals surface area (Å²) in [6.07, 6.45) is 1.47. The van der Waals surface area contributed by atoms with E-state index in [-0.39, 0.29) is 36.2 Å². The molecule has 0 unspecified atom stereocenters. The van der Waals surface area contributed by atoms with Crippen molar-refractivity contribution in [3.63, 3.8) is 0 Å². The van der Waals surface area contributed by atoms with Gasteiger partial charge in [-0.2, -0.15) is 5.26 Å². The van der Waals surface area contributed by atoms with Crippen LogP contribution in [0.25, 0.3) is 6.08 Å². The third-order valence-electron chi connectivity index (χ3n) is 4.51. The summed E-state index contributed by atoms with van der Waals surface area (Å²) in [7, 11) is -2.94. The molecule has 1 saturated heterocycles. The first-order valence-corrected chi connectivity index (χ1v) is 11.5. The van der Waals surface area contributed by atoms with Crippen LogP contribution in [-0.2, 0) is 24.2 Å².